The van der Waals surface area contributed by atoms with Crippen LogP contribution in [0, 0.1) is 0 Å². The van der Waals surface area contributed by atoms with Gasteiger partial charge in [0.25, 0.3) is 0 Å². The minimum Gasteiger partial charge on any atom is -0.360 e. The number of hydrogen-bond donors (Lipinski definition) is 0. The van der Waals surface area contributed by atoms with Gasteiger partial charge in [-0.3, -0.25) is 0 Å². The summed E-state index contributed by atoms with van der Waals surface area (Å²) < 4.78 is 23.3. The largest absolute Gasteiger partial charge is 0.360 e. The van der Waals surface area contributed by atoms with E-state index in [1.807, 2.05) is 30.3 Å². The molecule has 0 radical (unpaired) electrons. The summed E-state index contributed by atoms with van der Waals surface area (Å²) in [6, 6.07) is 9.71. The van der Waals surface area contributed by atoms with Crippen LogP contribution in [0.25, 0.3) is 0 Å². The smallest absolute Gasteiger partial charge is 0.191 e. The van der Waals surface area contributed by atoms with E-state index in [0.29, 0.717) is 12.9 Å². The van der Waals surface area contributed by atoms with Gasteiger partial charge in [0.2, 0.25) is 0 Å². The second kappa shape index (κ2) is 5.59. The normalized spacial score (nSPS) is 36.0. The highest BCUT2D eigenvalue weighted by Gasteiger charge is 2.63. The Kier molecular flexibility index (Phi) is 3.91. The standard InChI is InChI=1S/C17H20O5/c1-4-17(19-11-12-8-6-5-7-9-12)13(10-18)20-15-14(17)21-16(2,3)22-15/h4-10,13-15H,1,11H2,2-3H3/t13-,14+,15-,17-/m1/s1. The van der Waals surface area contributed by atoms with Gasteiger partial charge in [0.15, 0.2) is 30.1 Å². The van der Waals surface area contributed by atoms with E-state index < -0.39 is 29.9 Å². The predicted octanol–water partition coefficient (Wildman–Crippen LogP) is 2.20. The maximum absolute atomic E-state index is 11.4. The van der Waals surface area contributed by atoms with E-state index in [1.54, 1.807) is 19.9 Å². The van der Waals surface area contributed by atoms with Crippen molar-refractivity contribution in [1.82, 2.24) is 0 Å². The van der Waals surface area contributed by atoms with Crippen LogP contribution in [-0.2, 0) is 30.3 Å². The third-order valence-electron chi connectivity index (χ3n) is 4.00. The molecule has 0 saturated carbocycles. The third kappa shape index (κ3) is 2.50. The molecule has 2 fully saturated rings. The fourth-order valence-corrected chi connectivity index (χ4v) is 2.92. The average Bonchev–Trinajstić information content (AvgIpc) is 2.96. The number of carbonyl (C=O) groups excluding carboxylic acids is 1. The van der Waals surface area contributed by atoms with Gasteiger partial charge < -0.3 is 23.7 Å². The molecule has 1 aromatic carbocycles. The van der Waals surface area contributed by atoms with Crippen LogP contribution in [0.4, 0.5) is 0 Å². The summed E-state index contributed by atoms with van der Waals surface area (Å²) in [5.41, 5.74) is -0.0641. The maximum atomic E-state index is 11.4. The van der Waals surface area contributed by atoms with E-state index in [-0.39, 0.29) is 0 Å². The molecule has 118 valence electrons. The van der Waals surface area contributed by atoms with Gasteiger partial charge in [0, 0.05) is 0 Å². The number of carbonyl (C=O) groups is 1. The van der Waals surface area contributed by atoms with Crippen LogP contribution in [0.3, 0.4) is 0 Å². The number of fused-ring (bicyclic) bond motifs is 1. The number of hydrogen-bond acceptors (Lipinski definition) is 5. The summed E-state index contributed by atoms with van der Waals surface area (Å²) >= 11 is 0. The molecule has 22 heavy (non-hydrogen) atoms. The molecule has 2 heterocycles. The number of rotatable bonds is 5. The molecule has 2 aliphatic rings. The lowest BCUT2D eigenvalue weighted by atomic mass is 9.92. The minimum atomic E-state index is -1.06. The molecule has 0 N–H and O–H groups in total. The lowest BCUT2D eigenvalue weighted by molar-refractivity contribution is -0.226. The zero-order valence-electron chi connectivity index (χ0n) is 12.7. The van der Waals surface area contributed by atoms with Crippen LogP contribution < -0.4 is 0 Å². The van der Waals surface area contributed by atoms with Crippen molar-refractivity contribution in [3.63, 3.8) is 0 Å². The van der Waals surface area contributed by atoms with E-state index in [1.165, 1.54) is 0 Å². The Bertz CT molecular complexity index is 555. The Hall–Kier alpha value is -1.53. The van der Waals surface area contributed by atoms with Gasteiger partial charge in [-0.1, -0.05) is 36.4 Å². The SMILES string of the molecule is C=C[C@@]1(OCc2ccccc2)[C@@H](C=O)O[C@@H]2OC(C)(C)O[C@@H]21. The Morgan fingerprint density at radius 2 is 2.00 bits per heavy atom. The molecule has 0 amide bonds. The first-order valence-electron chi connectivity index (χ1n) is 7.28. The van der Waals surface area contributed by atoms with Crippen molar-refractivity contribution in [2.45, 2.75) is 50.3 Å². The highest BCUT2D eigenvalue weighted by atomic mass is 16.8. The zero-order valence-corrected chi connectivity index (χ0v) is 12.7. The fraction of sp³-hybridized carbons (Fsp3) is 0.471. The molecule has 4 atom stereocenters. The highest BCUT2D eigenvalue weighted by molar-refractivity contribution is 5.61. The first-order chi connectivity index (χ1) is 10.5. The quantitative estimate of drug-likeness (QED) is 0.616. The Labute approximate surface area is 129 Å². The molecular weight excluding hydrogens is 284 g/mol. The van der Waals surface area contributed by atoms with Gasteiger partial charge in [0.05, 0.1) is 6.61 Å². The first-order valence-corrected chi connectivity index (χ1v) is 7.28. The van der Waals surface area contributed by atoms with E-state index in [2.05, 4.69) is 6.58 Å². The molecule has 0 spiro atoms. The van der Waals surface area contributed by atoms with E-state index >= 15 is 0 Å². The van der Waals surface area contributed by atoms with E-state index in [4.69, 9.17) is 18.9 Å². The molecule has 5 nitrogen and oxygen atoms in total. The van der Waals surface area contributed by atoms with Crippen LogP contribution >= 0.6 is 0 Å². The summed E-state index contributed by atoms with van der Waals surface area (Å²) in [5.74, 6) is -0.784. The molecule has 2 saturated heterocycles. The number of benzene rings is 1. The van der Waals surface area contributed by atoms with Crippen LogP contribution in [0.15, 0.2) is 43.0 Å². The molecular formula is C17H20O5. The third-order valence-corrected chi connectivity index (χ3v) is 4.00. The first kappa shape index (κ1) is 15.4. The topological polar surface area (TPSA) is 54.0 Å². The van der Waals surface area contributed by atoms with Crippen molar-refractivity contribution in [3.8, 4) is 0 Å². The highest BCUT2D eigenvalue weighted by Crippen LogP contribution is 2.45. The van der Waals surface area contributed by atoms with Gasteiger partial charge >= 0.3 is 0 Å². The van der Waals surface area contributed by atoms with Crippen molar-refractivity contribution in [1.29, 1.82) is 0 Å². The van der Waals surface area contributed by atoms with Crippen molar-refractivity contribution >= 4 is 6.29 Å². The lowest BCUT2D eigenvalue weighted by Gasteiger charge is -2.33. The number of aldehydes is 1. The predicted molar refractivity (Wildman–Crippen MR) is 78.9 cm³/mol. The van der Waals surface area contributed by atoms with Crippen molar-refractivity contribution < 1.29 is 23.7 Å². The molecule has 2 aliphatic heterocycles. The van der Waals surface area contributed by atoms with Crippen LogP contribution in [-0.4, -0.2) is 36.2 Å². The van der Waals surface area contributed by atoms with Crippen LogP contribution in [0.5, 0.6) is 0 Å². The van der Waals surface area contributed by atoms with Gasteiger partial charge in [-0.05, 0) is 19.4 Å². The molecule has 0 aliphatic carbocycles. The molecule has 5 heteroatoms. The second-order valence-corrected chi connectivity index (χ2v) is 5.95. The Balaban J connectivity index is 1.84. The second-order valence-electron chi connectivity index (χ2n) is 5.95. The summed E-state index contributed by atoms with van der Waals surface area (Å²) in [7, 11) is 0. The van der Waals surface area contributed by atoms with Crippen molar-refractivity contribution in [2.75, 3.05) is 0 Å². The monoisotopic (exact) mass is 304 g/mol. The fourth-order valence-electron chi connectivity index (χ4n) is 2.92. The van der Waals surface area contributed by atoms with Crippen LogP contribution in [0.2, 0.25) is 0 Å². The van der Waals surface area contributed by atoms with Crippen LogP contribution in [0.1, 0.15) is 19.4 Å². The Morgan fingerprint density at radius 3 is 2.64 bits per heavy atom. The average molecular weight is 304 g/mol. The molecule has 0 aromatic heterocycles. The molecule has 0 bridgehead atoms. The number of ether oxygens (including phenoxy) is 4. The van der Waals surface area contributed by atoms with E-state index in [0.717, 1.165) is 5.56 Å². The van der Waals surface area contributed by atoms with Gasteiger partial charge in [-0.15, -0.1) is 6.58 Å². The Morgan fingerprint density at radius 1 is 1.27 bits per heavy atom. The maximum Gasteiger partial charge on any atom is 0.191 e. The molecule has 0 unspecified atom stereocenters. The van der Waals surface area contributed by atoms with Crippen molar-refractivity contribution in [3.05, 3.63) is 48.6 Å². The van der Waals surface area contributed by atoms with Crippen molar-refractivity contribution in [2.24, 2.45) is 0 Å². The summed E-state index contributed by atoms with van der Waals surface area (Å²) in [5, 5.41) is 0. The van der Waals surface area contributed by atoms with E-state index in [9.17, 15) is 4.79 Å². The van der Waals surface area contributed by atoms with Gasteiger partial charge in [-0.25, -0.2) is 0 Å². The summed E-state index contributed by atoms with van der Waals surface area (Å²) in [4.78, 5) is 11.4. The summed E-state index contributed by atoms with van der Waals surface area (Å²) in [6.07, 6.45) is 0.326. The summed E-state index contributed by atoms with van der Waals surface area (Å²) in [6.45, 7) is 7.76. The lowest BCUT2D eigenvalue weighted by Crippen LogP contribution is -2.50. The van der Waals surface area contributed by atoms with Gasteiger partial charge in [-0.2, -0.15) is 0 Å². The molecule has 3 rings (SSSR count). The molecule has 1 aromatic rings. The van der Waals surface area contributed by atoms with Gasteiger partial charge in [0.1, 0.15) is 6.10 Å². The zero-order chi connectivity index (χ0) is 15.8. The minimum absolute atomic E-state index is 0.327.